The summed E-state index contributed by atoms with van der Waals surface area (Å²) in [6.07, 6.45) is 3.79. The number of pyridine rings is 1. The summed E-state index contributed by atoms with van der Waals surface area (Å²) in [7, 11) is 0. The van der Waals surface area contributed by atoms with E-state index in [1.54, 1.807) is 12.1 Å². The van der Waals surface area contributed by atoms with Crippen molar-refractivity contribution in [2.24, 2.45) is 0 Å². The number of aromatic nitrogens is 1. The molecule has 3 saturated heterocycles. The monoisotopic (exact) mass is 518 g/mol. The van der Waals surface area contributed by atoms with E-state index in [1.165, 1.54) is 16.0 Å². The van der Waals surface area contributed by atoms with Gasteiger partial charge in [-0.1, -0.05) is 24.3 Å². The maximum atomic E-state index is 13.0. The lowest BCUT2D eigenvalue weighted by atomic mass is 9.87. The van der Waals surface area contributed by atoms with Gasteiger partial charge in [0.1, 0.15) is 11.6 Å². The second kappa shape index (κ2) is 10.2. The molecule has 0 spiro atoms. The lowest BCUT2D eigenvalue weighted by Gasteiger charge is -2.38. The zero-order valence-corrected chi connectivity index (χ0v) is 21.5. The van der Waals surface area contributed by atoms with Crippen molar-refractivity contribution in [3.63, 3.8) is 0 Å². The Labute approximate surface area is 222 Å². The van der Waals surface area contributed by atoms with Gasteiger partial charge in [-0.25, -0.2) is 0 Å². The largest absolute Gasteiger partial charge is 0.383 e. The number of piperidine rings is 2. The lowest BCUT2D eigenvalue weighted by Crippen LogP contribution is -2.52. The molecule has 4 aliphatic heterocycles. The number of carbonyl (C=O) groups is 3. The molecule has 1 aromatic carbocycles. The minimum absolute atomic E-state index is 0.208. The third-order valence-corrected chi connectivity index (χ3v) is 8.58. The average molecular weight is 519 g/mol. The smallest absolute Gasteiger partial charge is 0.256 e. The van der Waals surface area contributed by atoms with E-state index in [2.05, 4.69) is 34.5 Å². The fourth-order valence-electron chi connectivity index (χ4n) is 6.27. The highest BCUT2D eigenvalue weighted by Gasteiger charge is 2.41. The van der Waals surface area contributed by atoms with E-state index >= 15 is 0 Å². The molecule has 0 saturated carbocycles. The number of rotatable bonds is 5. The highest BCUT2D eigenvalue weighted by Crippen LogP contribution is 2.35. The van der Waals surface area contributed by atoms with E-state index in [0.717, 1.165) is 45.7 Å². The molecule has 3 amide bonds. The molecule has 0 radical (unpaired) electrons. The van der Waals surface area contributed by atoms with Crippen LogP contribution in [0.4, 0.5) is 0 Å². The zero-order chi connectivity index (χ0) is 26.3. The highest BCUT2D eigenvalue weighted by atomic mass is 16.5. The Morgan fingerprint density at radius 1 is 1.05 bits per heavy atom. The molecule has 0 aliphatic carbocycles. The van der Waals surface area contributed by atoms with E-state index in [-0.39, 0.29) is 24.8 Å². The number of imide groups is 1. The molecular weight excluding hydrogens is 484 g/mol. The number of hydrogen-bond donors (Lipinski definition) is 2. The number of nitrogens with zero attached hydrogens (tertiary/aromatic N) is 3. The van der Waals surface area contributed by atoms with Gasteiger partial charge in [0.2, 0.25) is 11.8 Å². The van der Waals surface area contributed by atoms with Crippen LogP contribution in [0.1, 0.15) is 77.3 Å². The summed E-state index contributed by atoms with van der Waals surface area (Å²) < 4.78 is 5.52. The van der Waals surface area contributed by atoms with Gasteiger partial charge in [-0.05, 0) is 61.3 Å². The Balaban J connectivity index is 1.09. The van der Waals surface area contributed by atoms with Gasteiger partial charge >= 0.3 is 0 Å². The first-order valence-electron chi connectivity index (χ1n) is 13.7. The van der Waals surface area contributed by atoms with Crippen molar-refractivity contribution in [2.75, 3.05) is 26.3 Å². The minimum atomic E-state index is -1.05. The predicted octanol–water partition coefficient (Wildman–Crippen LogP) is 2.22. The summed E-state index contributed by atoms with van der Waals surface area (Å²) in [5, 5.41) is 13.8. The van der Waals surface area contributed by atoms with Crippen molar-refractivity contribution in [2.45, 2.75) is 69.2 Å². The topological polar surface area (TPSA) is 112 Å². The molecular formula is C29H34N4O5. The molecule has 5 heterocycles. The van der Waals surface area contributed by atoms with Crippen LogP contribution in [0.2, 0.25) is 0 Å². The number of amides is 3. The maximum absolute atomic E-state index is 13.0. The highest BCUT2D eigenvalue weighted by molar-refractivity contribution is 6.05. The average Bonchev–Trinajstić information content (AvgIpc) is 3.26. The van der Waals surface area contributed by atoms with Crippen LogP contribution in [0.15, 0.2) is 36.4 Å². The first-order chi connectivity index (χ1) is 18.4. The Bertz CT molecular complexity index is 1250. The van der Waals surface area contributed by atoms with Crippen molar-refractivity contribution in [3.05, 3.63) is 64.5 Å². The van der Waals surface area contributed by atoms with Gasteiger partial charge in [0.05, 0.1) is 23.5 Å². The molecule has 4 aliphatic rings. The Morgan fingerprint density at radius 3 is 2.61 bits per heavy atom. The summed E-state index contributed by atoms with van der Waals surface area (Å²) in [5.74, 6) is -0.430. The normalized spacial score (nSPS) is 24.4. The van der Waals surface area contributed by atoms with E-state index in [0.29, 0.717) is 42.1 Å². The van der Waals surface area contributed by atoms with Crippen molar-refractivity contribution in [3.8, 4) is 0 Å². The molecule has 3 fully saturated rings. The molecule has 2 aromatic rings. The minimum Gasteiger partial charge on any atom is -0.383 e. The Kier molecular flexibility index (Phi) is 6.75. The van der Waals surface area contributed by atoms with Crippen molar-refractivity contribution in [1.29, 1.82) is 0 Å². The number of fused-ring (bicyclic) bond motifs is 1. The van der Waals surface area contributed by atoms with E-state index in [4.69, 9.17) is 9.72 Å². The third-order valence-electron chi connectivity index (χ3n) is 8.58. The van der Waals surface area contributed by atoms with Gasteiger partial charge in [-0.2, -0.15) is 0 Å². The molecule has 6 rings (SSSR count). The van der Waals surface area contributed by atoms with Crippen molar-refractivity contribution in [1.82, 2.24) is 20.1 Å². The Hall–Kier alpha value is -3.14. The van der Waals surface area contributed by atoms with Gasteiger partial charge < -0.3 is 14.7 Å². The number of benzene rings is 1. The second-order valence-corrected chi connectivity index (χ2v) is 11.0. The van der Waals surface area contributed by atoms with Crippen LogP contribution in [-0.2, 0) is 33.0 Å². The second-order valence-electron chi connectivity index (χ2n) is 11.0. The number of ether oxygens (including phenoxy) is 1. The van der Waals surface area contributed by atoms with Crippen LogP contribution < -0.4 is 5.32 Å². The van der Waals surface area contributed by atoms with E-state index in [9.17, 15) is 19.5 Å². The van der Waals surface area contributed by atoms with Crippen LogP contribution in [-0.4, -0.2) is 70.0 Å². The number of aliphatic hydroxyl groups is 1. The molecule has 9 nitrogen and oxygen atoms in total. The molecule has 0 bridgehead atoms. The summed E-state index contributed by atoms with van der Waals surface area (Å²) in [5.41, 5.74) is 3.25. The van der Waals surface area contributed by atoms with Crippen LogP contribution in [0.3, 0.4) is 0 Å². The van der Waals surface area contributed by atoms with Gasteiger partial charge in [0.25, 0.3) is 5.91 Å². The van der Waals surface area contributed by atoms with Crippen molar-refractivity contribution < 1.29 is 24.2 Å². The first-order valence-corrected chi connectivity index (χ1v) is 13.7. The van der Waals surface area contributed by atoms with Gasteiger partial charge in [0.15, 0.2) is 0 Å². The molecule has 1 aromatic heterocycles. The standard InChI is InChI=1S/C29H34N4O5/c34-26-7-5-24(27(35)31-26)33-18-23-22(28(33)36)4-6-25(30-23)29(37)10-12-32(13-11-29)17-19-2-1-3-21(16-19)20-8-14-38-15-9-20/h1-4,6,16,20,24,37H,5,7-15,17-18H2,(H,31,34,35). The number of likely N-dealkylation sites (tertiary alicyclic amines) is 1. The summed E-state index contributed by atoms with van der Waals surface area (Å²) in [4.78, 5) is 45.4. The summed E-state index contributed by atoms with van der Waals surface area (Å²) >= 11 is 0. The Morgan fingerprint density at radius 2 is 1.84 bits per heavy atom. The fourth-order valence-corrected chi connectivity index (χ4v) is 6.27. The molecule has 38 heavy (non-hydrogen) atoms. The summed E-state index contributed by atoms with van der Waals surface area (Å²) in [6.45, 7) is 4.22. The van der Waals surface area contributed by atoms with Gasteiger partial charge in [0, 0.05) is 39.3 Å². The van der Waals surface area contributed by atoms with Crippen LogP contribution in [0, 0.1) is 0 Å². The molecule has 9 heteroatoms. The quantitative estimate of drug-likeness (QED) is 0.584. The molecule has 1 unspecified atom stereocenters. The predicted molar refractivity (Wildman–Crippen MR) is 138 cm³/mol. The van der Waals surface area contributed by atoms with Crippen molar-refractivity contribution >= 4 is 17.7 Å². The van der Waals surface area contributed by atoms with E-state index in [1.807, 2.05) is 0 Å². The number of nitrogens with one attached hydrogen (secondary N) is 1. The molecule has 1 atom stereocenters. The SMILES string of the molecule is O=C1CCC(N2Cc3nc(C4(O)CCN(Cc5cccc(C6CCOCC6)c5)CC4)ccc3C2=O)C(=O)N1. The maximum Gasteiger partial charge on any atom is 0.256 e. The van der Waals surface area contributed by atoms with Crippen LogP contribution in [0.25, 0.3) is 0 Å². The number of hydrogen-bond acceptors (Lipinski definition) is 7. The number of carbonyl (C=O) groups excluding carboxylic acids is 3. The summed E-state index contributed by atoms with van der Waals surface area (Å²) in [6, 6.07) is 11.7. The zero-order valence-electron chi connectivity index (χ0n) is 21.5. The molecule has 200 valence electrons. The fraction of sp³-hybridized carbons (Fsp3) is 0.517. The van der Waals surface area contributed by atoms with Gasteiger partial charge in [-0.3, -0.25) is 29.6 Å². The van der Waals surface area contributed by atoms with Crippen LogP contribution in [0.5, 0.6) is 0 Å². The molecule has 2 N–H and O–H groups in total. The first kappa shape index (κ1) is 25.2. The van der Waals surface area contributed by atoms with Crippen LogP contribution >= 0.6 is 0 Å². The van der Waals surface area contributed by atoms with E-state index < -0.39 is 17.6 Å². The lowest BCUT2D eigenvalue weighted by molar-refractivity contribution is -0.136. The third kappa shape index (κ3) is 4.86. The van der Waals surface area contributed by atoms with Gasteiger partial charge in [-0.15, -0.1) is 0 Å².